The van der Waals surface area contributed by atoms with Crippen molar-refractivity contribution in [2.24, 2.45) is 0 Å². The van der Waals surface area contributed by atoms with Crippen molar-refractivity contribution < 1.29 is 18.4 Å². The van der Waals surface area contributed by atoms with Crippen LogP contribution in [0.25, 0.3) is 0 Å². The number of halogens is 2. The Morgan fingerprint density at radius 2 is 2.00 bits per heavy atom. The largest absolute Gasteiger partial charge is 0.435 e. The fourth-order valence-electron chi connectivity index (χ4n) is 1.93. The predicted molar refractivity (Wildman–Crippen MR) is 90.8 cm³/mol. The van der Waals surface area contributed by atoms with Crippen LogP contribution in [0, 0.1) is 17.0 Å². The number of hydrogen-bond acceptors (Lipinski definition) is 4. The summed E-state index contributed by atoms with van der Waals surface area (Å²) in [7, 11) is 0. The average molecular weight is 353 g/mol. The quantitative estimate of drug-likeness (QED) is 0.474. The second-order valence-electron chi connectivity index (χ2n) is 4.74. The second kappa shape index (κ2) is 7.64. The molecule has 0 radical (unpaired) electrons. The Hall–Kier alpha value is -2.81. The van der Waals surface area contributed by atoms with Crippen molar-refractivity contribution in [1.29, 1.82) is 0 Å². The number of thiocarbonyl (C=S) groups is 1. The molecule has 0 aliphatic rings. The van der Waals surface area contributed by atoms with Crippen molar-refractivity contribution in [1.82, 2.24) is 0 Å². The van der Waals surface area contributed by atoms with Crippen LogP contribution in [0.2, 0.25) is 0 Å². The van der Waals surface area contributed by atoms with Gasteiger partial charge in [-0.1, -0.05) is 6.07 Å². The highest BCUT2D eigenvalue weighted by atomic mass is 32.1. The van der Waals surface area contributed by atoms with E-state index < -0.39 is 11.5 Å². The monoisotopic (exact) mass is 353 g/mol. The lowest BCUT2D eigenvalue weighted by Crippen LogP contribution is -2.19. The van der Waals surface area contributed by atoms with Gasteiger partial charge < -0.3 is 15.4 Å². The Bertz CT molecular complexity index is 771. The van der Waals surface area contributed by atoms with Crippen LogP contribution in [0.5, 0.6) is 5.75 Å². The van der Waals surface area contributed by atoms with E-state index in [-0.39, 0.29) is 16.5 Å². The first-order valence-corrected chi connectivity index (χ1v) is 7.14. The van der Waals surface area contributed by atoms with Crippen molar-refractivity contribution in [3.05, 3.63) is 58.1 Å². The average Bonchev–Trinajstić information content (AvgIpc) is 2.49. The molecule has 6 nitrogen and oxygen atoms in total. The van der Waals surface area contributed by atoms with Crippen molar-refractivity contribution >= 4 is 34.4 Å². The molecule has 0 amide bonds. The highest BCUT2D eigenvalue weighted by Crippen LogP contribution is 2.23. The maximum absolute atomic E-state index is 12.2. The summed E-state index contributed by atoms with van der Waals surface area (Å²) < 4.78 is 28.7. The topological polar surface area (TPSA) is 76.4 Å². The van der Waals surface area contributed by atoms with Gasteiger partial charge in [0.05, 0.1) is 4.92 Å². The number of anilines is 2. The number of benzene rings is 2. The molecule has 2 aromatic carbocycles. The molecule has 0 fully saturated rings. The van der Waals surface area contributed by atoms with Gasteiger partial charge in [-0.2, -0.15) is 8.78 Å². The van der Waals surface area contributed by atoms with Crippen LogP contribution < -0.4 is 15.4 Å². The first-order chi connectivity index (χ1) is 11.3. The molecule has 0 heterocycles. The number of hydrogen-bond donors (Lipinski definition) is 2. The fourth-order valence-corrected chi connectivity index (χ4v) is 2.16. The van der Waals surface area contributed by atoms with E-state index in [0.29, 0.717) is 16.9 Å². The lowest BCUT2D eigenvalue weighted by atomic mass is 10.2. The summed E-state index contributed by atoms with van der Waals surface area (Å²) in [5.41, 5.74) is 1.64. The van der Waals surface area contributed by atoms with Crippen LogP contribution in [-0.2, 0) is 0 Å². The van der Waals surface area contributed by atoms with Crippen LogP contribution in [0.3, 0.4) is 0 Å². The molecular formula is C15H13F2N3O3S. The Morgan fingerprint density at radius 1 is 1.25 bits per heavy atom. The highest BCUT2D eigenvalue weighted by molar-refractivity contribution is 7.80. The number of rotatable bonds is 5. The molecule has 2 N–H and O–H groups in total. The Balaban J connectivity index is 2.04. The van der Waals surface area contributed by atoms with E-state index >= 15 is 0 Å². The molecule has 0 atom stereocenters. The third-order valence-corrected chi connectivity index (χ3v) is 3.19. The lowest BCUT2D eigenvalue weighted by Gasteiger charge is -2.13. The molecule has 24 heavy (non-hydrogen) atoms. The number of nitrogens with one attached hydrogen (secondary N) is 2. The van der Waals surface area contributed by atoms with E-state index in [4.69, 9.17) is 12.2 Å². The zero-order valence-corrected chi connectivity index (χ0v) is 13.3. The van der Waals surface area contributed by atoms with Gasteiger partial charge in [0.15, 0.2) is 5.11 Å². The summed E-state index contributed by atoms with van der Waals surface area (Å²) in [6.45, 7) is -1.18. The first kappa shape index (κ1) is 17.5. The molecule has 0 bridgehead atoms. The summed E-state index contributed by atoms with van der Waals surface area (Å²) in [4.78, 5) is 10.2. The Kier molecular flexibility index (Phi) is 5.59. The second-order valence-corrected chi connectivity index (χ2v) is 5.15. The van der Waals surface area contributed by atoms with Gasteiger partial charge in [-0.3, -0.25) is 10.1 Å². The summed E-state index contributed by atoms with van der Waals surface area (Å²) >= 11 is 5.15. The third-order valence-electron chi connectivity index (χ3n) is 2.99. The molecule has 0 aliphatic heterocycles. The van der Waals surface area contributed by atoms with E-state index in [2.05, 4.69) is 15.4 Å². The number of non-ortho nitro benzene ring substituents is 1. The van der Waals surface area contributed by atoms with E-state index in [1.165, 1.54) is 30.3 Å². The third kappa shape index (κ3) is 4.85. The lowest BCUT2D eigenvalue weighted by molar-refractivity contribution is -0.384. The number of nitrogens with zero attached hydrogens (tertiary/aromatic N) is 1. The maximum atomic E-state index is 12.2. The molecule has 0 spiro atoms. The van der Waals surface area contributed by atoms with Gasteiger partial charge in [0.25, 0.3) is 5.69 Å². The van der Waals surface area contributed by atoms with Crippen LogP contribution in [0.4, 0.5) is 25.8 Å². The van der Waals surface area contributed by atoms with Gasteiger partial charge >= 0.3 is 6.61 Å². The van der Waals surface area contributed by atoms with Crippen molar-refractivity contribution in [3.63, 3.8) is 0 Å². The first-order valence-electron chi connectivity index (χ1n) is 6.73. The van der Waals surface area contributed by atoms with Crippen LogP contribution in [-0.4, -0.2) is 16.6 Å². The van der Waals surface area contributed by atoms with Crippen molar-refractivity contribution in [2.75, 3.05) is 10.6 Å². The summed E-state index contributed by atoms with van der Waals surface area (Å²) in [5.74, 6) is 0.0469. The minimum Gasteiger partial charge on any atom is -0.435 e. The molecule has 0 unspecified atom stereocenters. The molecule has 0 aliphatic carbocycles. The van der Waals surface area contributed by atoms with Gasteiger partial charge in [-0.15, -0.1) is 0 Å². The SMILES string of the molecule is Cc1cc(OC(F)F)ccc1NC(=S)Nc1cccc([N+](=O)[O-])c1. The van der Waals surface area contributed by atoms with E-state index in [1.54, 1.807) is 19.1 Å². The fraction of sp³-hybridized carbons (Fsp3) is 0.133. The number of aryl methyl sites for hydroxylation is 1. The molecule has 0 saturated heterocycles. The molecule has 0 aromatic heterocycles. The van der Waals surface area contributed by atoms with E-state index in [0.717, 1.165) is 0 Å². The number of alkyl halides is 2. The van der Waals surface area contributed by atoms with Crippen LogP contribution in [0.15, 0.2) is 42.5 Å². The molecule has 9 heteroatoms. The minimum atomic E-state index is -2.89. The summed E-state index contributed by atoms with van der Waals surface area (Å²) in [5, 5.41) is 16.7. The van der Waals surface area contributed by atoms with Crippen molar-refractivity contribution in [3.8, 4) is 5.75 Å². The summed E-state index contributed by atoms with van der Waals surface area (Å²) in [6, 6.07) is 10.3. The number of ether oxygens (including phenoxy) is 1. The molecule has 2 aromatic rings. The zero-order valence-electron chi connectivity index (χ0n) is 12.5. The Labute approximate surface area is 141 Å². The predicted octanol–water partition coefficient (Wildman–Crippen LogP) is 4.31. The molecule has 126 valence electrons. The van der Waals surface area contributed by atoms with Gasteiger partial charge in [-0.25, -0.2) is 0 Å². The smallest absolute Gasteiger partial charge is 0.387 e. The number of nitro benzene ring substituents is 1. The Morgan fingerprint density at radius 3 is 2.62 bits per heavy atom. The van der Waals surface area contributed by atoms with E-state index in [9.17, 15) is 18.9 Å². The van der Waals surface area contributed by atoms with Gasteiger partial charge in [-0.05, 0) is 49.0 Å². The van der Waals surface area contributed by atoms with Crippen molar-refractivity contribution in [2.45, 2.75) is 13.5 Å². The summed E-state index contributed by atoms with van der Waals surface area (Å²) in [6.07, 6.45) is 0. The minimum absolute atomic E-state index is 0.0469. The molecule has 2 rings (SSSR count). The van der Waals surface area contributed by atoms with E-state index in [1.807, 2.05) is 0 Å². The standard InChI is InChI=1S/C15H13F2N3O3S/c1-9-7-12(23-14(16)17)5-6-13(9)19-15(24)18-10-3-2-4-11(8-10)20(21)22/h2-8,14H,1H3,(H2,18,19,24). The van der Waals surface area contributed by atoms with Gasteiger partial charge in [0.2, 0.25) is 0 Å². The maximum Gasteiger partial charge on any atom is 0.387 e. The van der Waals surface area contributed by atoms with Gasteiger partial charge in [0.1, 0.15) is 5.75 Å². The van der Waals surface area contributed by atoms with Crippen LogP contribution in [0.1, 0.15) is 5.56 Å². The number of nitro groups is 1. The van der Waals surface area contributed by atoms with Gasteiger partial charge in [0, 0.05) is 23.5 Å². The normalized spacial score (nSPS) is 10.3. The molecular weight excluding hydrogens is 340 g/mol. The highest BCUT2D eigenvalue weighted by Gasteiger charge is 2.09. The zero-order chi connectivity index (χ0) is 17.7. The van der Waals surface area contributed by atoms with Crippen LogP contribution >= 0.6 is 12.2 Å². The molecule has 0 saturated carbocycles.